The summed E-state index contributed by atoms with van der Waals surface area (Å²) in [5.41, 5.74) is 7.01. The average molecular weight is 249 g/mol. The summed E-state index contributed by atoms with van der Waals surface area (Å²) in [6.07, 6.45) is 3.65. The summed E-state index contributed by atoms with van der Waals surface area (Å²) in [5, 5.41) is 6.92. The van der Waals surface area contributed by atoms with Crippen molar-refractivity contribution in [2.24, 2.45) is 5.73 Å². The maximum absolute atomic E-state index is 5.50. The van der Waals surface area contributed by atoms with E-state index in [1.807, 2.05) is 6.07 Å². The van der Waals surface area contributed by atoms with Crippen molar-refractivity contribution in [3.8, 4) is 0 Å². The maximum atomic E-state index is 5.50. The van der Waals surface area contributed by atoms with E-state index in [9.17, 15) is 0 Å². The molecule has 0 amide bonds. The van der Waals surface area contributed by atoms with Crippen LogP contribution in [0.3, 0.4) is 0 Å². The van der Waals surface area contributed by atoms with Gasteiger partial charge in [0.1, 0.15) is 4.99 Å². The van der Waals surface area contributed by atoms with Gasteiger partial charge in [-0.1, -0.05) is 17.4 Å². The largest absolute Gasteiger partial charge is 0.388 e. The van der Waals surface area contributed by atoms with Gasteiger partial charge in [0.15, 0.2) is 5.82 Å². The van der Waals surface area contributed by atoms with Crippen molar-refractivity contribution >= 4 is 22.9 Å². The number of aromatic nitrogens is 3. The van der Waals surface area contributed by atoms with Crippen LogP contribution in [0.15, 0.2) is 29.2 Å². The van der Waals surface area contributed by atoms with Gasteiger partial charge in [-0.05, 0) is 12.1 Å². The molecule has 0 aliphatic heterocycles. The molecular weight excluding hydrogens is 238 g/mol. The number of nitrogens with zero attached hydrogens (tertiary/aromatic N) is 3. The monoisotopic (exact) mass is 249 g/mol. The Morgan fingerprint density at radius 1 is 1.47 bits per heavy atom. The molecule has 0 aliphatic rings. The van der Waals surface area contributed by atoms with Gasteiger partial charge in [-0.25, -0.2) is 0 Å². The number of rotatable bonds is 5. The van der Waals surface area contributed by atoms with Crippen molar-refractivity contribution in [1.29, 1.82) is 0 Å². The Morgan fingerprint density at radius 2 is 2.35 bits per heavy atom. The van der Waals surface area contributed by atoms with Crippen molar-refractivity contribution in [3.63, 3.8) is 0 Å². The highest BCUT2D eigenvalue weighted by Crippen LogP contribution is 2.07. The van der Waals surface area contributed by atoms with Crippen LogP contribution in [-0.2, 0) is 6.42 Å². The van der Waals surface area contributed by atoms with Gasteiger partial charge in [0, 0.05) is 24.8 Å². The molecule has 0 bridgehead atoms. The van der Waals surface area contributed by atoms with Gasteiger partial charge in [0.2, 0.25) is 6.39 Å². The normalized spacial score (nSPS) is 10.1. The molecule has 0 unspecified atom stereocenters. The van der Waals surface area contributed by atoms with Crippen LogP contribution in [-0.4, -0.2) is 26.7 Å². The van der Waals surface area contributed by atoms with Crippen LogP contribution in [0.1, 0.15) is 11.5 Å². The fourth-order valence-corrected chi connectivity index (χ4v) is 1.41. The first-order chi connectivity index (χ1) is 8.25. The second-order valence-electron chi connectivity index (χ2n) is 3.32. The van der Waals surface area contributed by atoms with Gasteiger partial charge >= 0.3 is 0 Å². The van der Waals surface area contributed by atoms with Crippen LogP contribution in [0.5, 0.6) is 0 Å². The van der Waals surface area contributed by atoms with Gasteiger partial charge < -0.3 is 15.6 Å². The Kier molecular flexibility index (Phi) is 3.61. The van der Waals surface area contributed by atoms with E-state index in [4.69, 9.17) is 18.0 Å². The molecule has 2 rings (SSSR count). The van der Waals surface area contributed by atoms with Crippen molar-refractivity contribution in [3.05, 3.63) is 36.2 Å². The van der Waals surface area contributed by atoms with Gasteiger partial charge in [0.05, 0.1) is 5.69 Å². The highest BCUT2D eigenvalue weighted by molar-refractivity contribution is 7.80. The lowest BCUT2D eigenvalue weighted by atomic mass is 10.3. The minimum atomic E-state index is 0.284. The number of nitrogens with one attached hydrogen (secondary N) is 1. The SMILES string of the molecule is NC(=S)c1cc(NCCc2ncon2)ccn1. The topological polar surface area (TPSA) is 89.9 Å². The zero-order chi connectivity index (χ0) is 12.1. The summed E-state index contributed by atoms with van der Waals surface area (Å²) >= 11 is 4.85. The highest BCUT2D eigenvalue weighted by atomic mass is 32.1. The molecule has 3 N–H and O–H groups in total. The maximum Gasteiger partial charge on any atom is 0.213 e. The third kappa shape index (κ3) is 3.22. The smallest absolute Gasteiger partial charge is 0.213 e. The second-order valence-corrected chi connectivity index (χ2v) is 3.76. The zero-order valence-corrected chi connectivity index (χ0v) is 9.78. The quantitative estimate of drug-likeness (QED) is 0.756. The van der Waals surface area contributed by atoms with E-state index >= 15 is 0 Å². The lowest BCUT2D eigenvalue weighted by Gasteiger charge is -2.05. The minimum absolute atomic E-state index is 0.284. The Hall–Kier alpha value is -2.02. The van der Waals surface area contributed by atoms with Crippen molar-refractivity contribution in [2.75, 3.05) is 11.9 Å². The van der Waals surface area contributed by atoms with Crippen molar-refractivity contribution in [2.45, 2.75) is 6.42 Å². The van der Waals surface area contributed by atoms with Crippen LogP contribution in [0.2, 0.25) is 0 Å². The van der Waals surface area contributed by atoms with E-state index in [0.29, 0.717) is 24.5 Å². The molecule has 88 valence electrons. The van der Waals surface area contributed by atoms with E-state index in [1.165, 1.54) is 6.39 Å². The average Bonchev–Trinajstić information content (AvgIpc) is 2.82. The number of hydrogen-bond acceptors (Lipinski definition) is 6. The Labute approximate surface area is 103 Å². The lowest BCUT2D eigenvalue weighted by molar-refractivity contribution is 0.410. The predicted molar refractivity (Wildman–Crippen MR) is 66.6 cm³/mol. The van der Waals surface area contributed by atoms with E-state index in [0.717, 1.165) is 5.69 Å². The number of pyridine rings is 1. The zero-order valence-electron chi connectivity index (χ0n) is 8.96. The Balaban J connectivity index is 1.90. The summed E-state index contributed by atoms with van der Waals surface area (Å²) < 4.78 is 4.64. The third-order valence-electron chi connectivity index (χ3n) is 2.10. The Bertz CT molecular complexity index is 499. The molecule has 7 heteroatoms. The van der Waals surface area contributed by atoms with Crippen molar-refractivity contribution in [1.82, 2.24) is 15.1 Å². The van der Waals surface area contributed by atoms with Gasteiger partial charge in [-0.15, -0.1) is 0 Å². The molecule has 0 aliphatic carbocycles. The number of hydrogen-bond donors (Lipinski definition) is 2. The first kappa shape index (κ1) is 11.5. The molecule has 0 spiro atoms. The second kappa shape index (κ2) is 5.35. The van der Waals surface area contributed by atoms with Gasteiger partial charge in [-0.2, -0.15) is 4.98 Å². The summed E-state index contributed by atoms with van der Waals surface area (Å²) in [6, 6.07) is 3.65. The van der Waals surface area contributed by atoms with E-state index in [-0.39, 0.29) is 4.99 Å². The predicted octanol–water partition coefficient (Wildman–Crippen LogP) is 0.753. The van der Waals surface area contributed by atoms with E-state index in [1.54, 1.807) is 12.3 Å². The third-order valence-corrected chi connectivity index (χ3v) is 2.31. The lowest BCUT2D eigenvalue weighted by Crippen LogP contribution is -2.12. The molecule has 0 radical (unpaired) electrons. The summed E-state index contributed by atoms with van der Waals surface area (Å²) in [7, 11) is 0. The van der Waals surface area contributed by atoms with Gasteiger partial charge in [0.25, 0.3) is 0 Å². The fourth-order valence-electron chi connectivity index (χ4n) is 1.30. The molecule has 0 atom stereocenters. The molecule has 2 aromatic rings. The van der Waals surface area contributed by atoms with Crippen LogP contribution in [0, 0.1) is 0 Å². The summed E-state index contributed by atoms with van der Waals surface area (Å²) in [4.78, 5) is 8.26. The molecule has 2 aromatic heterocycles. The fraction of sp³-hybridized carbons (Fsp3) is 0.200. The van der Waals surface area contributed by atoms with Crippen LogP contribution in [0.4, 0.5) is 5.69 Å². The molecule has 0 aromatic carbocycles. The first-order valence-electron chi connectivity index (χ1n) is 5.00. The highest BCUT2D eigenvalue weighted by Gasteiger charge is 2.01. The number of nitrogens with two attached hydrogens (primary N) is 1. The summed E-state index contributed by atoms with van der Waals surface area (Å²) in [6.45, 7) is 0.695. The molecule has 17 heavy (non-hydrogen) atoms. The molecule has 2 heterocycles. The van der Waals surface area contributed by atoms with Gasteiger partial charge in [-0.3, -0.25) is 4.98 Å². The first-order valence-corrected chi connectivity index (χ1v) is 5.41. The molecular formula is C10H11N5OS. The van der Waals surface area contributed by atoms with Crippen molar-refractivity contribution < 1.29 is 4.52 Å². The number of thiocarbonyl (C=S) groups is 1. The molecule has 6 nitrogen and oxygen atoms in total. The minimum Gasteiger partial charge on any atom is -0.388 e. The number of anilines is 1. The summed E-state index contributed by atoms with van der Waals surface area (Å²) in [5.74, 6) is 0.668. The molecule has 0 fully saturated rings. The Morgan fingerprint density at radius 3 is 3.06 bits per heavy atom. The van der Waals surface area contributed by atoms with E-state index in [2.05, 4.69) is 25.0 Å². The molecule has 0 saturated carbocycles. The standard InChI is InChI=1S/C10H11N5OS/c11-10(17)8-5-7(1-3-13-8)12-4-2-9-14-6-16-15-9/h1,3,5-6H,2,4H2,(H2,11,17)(H,12,13). The molecule has 0 saturated heterocycles. The van der Waals surface area contributed by atoms with Crippen LogP contribution >= 0.6 is 12.2 Å². The van der Waals surface area contributed by atoms with Crippen LogP contribution in [0.25, 0.3) is 0 Å². The van der Waals surface area contributed by atoms with E-state index < -0.39 is 0 Å². The van der Waals surface area contributed by atoms with Crippen LogP contribution < -0.4 is 11.1 Å².